The number of benzene rings is 1. The summed E-state index contributed by atoms with van der Waals surface area (Å²) in [5, 5.41) is 16.7. The van der Waals surface area contributed by atoms with E-state index in [1.165, 1.54) is 6.92 Å². The lowest BCUT2D eigenvalue weighted by Gasteiger charge is -2.43. The Bertz CT molecular complexity index is 1430. The molecule has 0 radical (unpaired) electrons. The number of H-pyrrole nitrogens is 1. The third kappa shape index (κ3) is 10.2. The van der Waals surface area contributed by atoms with Gasteiger partial charge in [-0.25, -0.2) is 0 Å². The quantitative estimate of drug-likeness (QED) is 0.221. The van der Waals surface area contributed by atoms with Gasteiger partial charge in [0.25, 0.3) is 0 Å². The summed E-state index contributed by atoms with van der Waals surface area (Å²) >= 11 is 0. The van der Waals surface area contributed by atoms with E-state index >= 15 is 0 Å². The standard InChI is InChI=1S/C32H42N2O13/c1-16(2)25-23(13-21-9-11-22(12-10-21)42-15-32(7,8)31(39)40)29(34-33-25)47-30-28(45-20(6)38)27(44-19(5)37)26(43-18(4)36)24(46-30)14-41-17(3)35/h9-12,16,24,26-28,30H,13-15H2,1-8H3,(H,33,34)(H,39,40)/t24-,26-,27+,28-,30?/m1/s1. The van der Waals surface area contributed by atoms with Crippen molar-refractivity contribution in [3.8, 4) is 11.6 Å². The fourth-order valence-electron chi connectivity index (χ4n) is 4.73. The van der Waals surface area contributed by atoms with Gasteiger partial charge in [-0.05, 0) is 37.5 Å². The molecule has 1 unspecified atom stereocenters. The van der Waals surface area contributed by atoms with Crippen molar-refractivity contribution in [3.05, 3.63) is 41.1 Å². The number of nitrogens with zero attached hydrogens (tertiary/aromatic N) is 1. The van der Waals surface area contributed by atoms with Crippen LogP contribution < -0.4 is 9.47 Å². The van der Waals surface area contributed by atoms with Gasteiger partial charge in [0.1, 0.15) is 25.1 Å². The first-order valence-electron chi connectivity index (χ1n) is 15.0. The highest BCUT2D eigenvalue weighted by molar-refractivity contribution is 5.73. The zero-order chi connectivity index (χ0) is 35.1. The summed E-state index contributed by atoms with van der Waals surface area (Å²) in [6, 6.07) is 7.08. The van der Waals surface area contributed by atoms with Crippen LogP contribution in [0, 0.1) is 5.41 Å². The maximum atomic E-state index is 12.2. The first-order chi connectivity index (χ1) is 22.0. The van der Waals surface area contributed by atoms with Crippen LogP contribution in [0.1, 0.15) is 78.1 Å². The summed E-state index contributed by atoms with van der Waals surface area (Å²) in [6.45, 7) is 11.2. The van der Waals surface area contributed by atoms with E-state index in [1.54, 1.807) is 26.0 Å². The van der Waals surface area contributed by atoms with E-state index in [-0.39, 0.29) is 18.4 Å². The monoisotopic (exact) mass is 662 g/mol. The average molecular weight is 663 g/mol. The second kappa shape index (κ2) is 15.8. The molecule has 3 rings (SSSR count). The van der Waals surface area contributed by atoms with E-state index in [0.717, 1.165) is 32.0 Å². The second-order valence-corrected chi connectivity index (χ2v) is 12.1. The summed E-state index contributed by atoms with van der Waals surface area (Å²) in [4.78, 5) is 59.5. The number of carbonyl (C=O) groups is 5. The van der Waals surface area contributed by atoms with Gasteiger partial charge in [-0.15, -0.1) is 5.10 Å². The van der Waals surface area contributed by atoms with Crippen LogP contribution in [0.25, 0.3) is 0 Å². The molecule has 0 spiro atoms. The lowest BCUT2D eigenvalue weighted by molar-refractivity contribution is -0.289. The number of aliphatic carboxylic acids is 1. The minimum Gasteiger partial charge on any atom is -0.492 e. The predicted molar refractivity (Wildman–Crippen MR) is 161 cm³/mol. The summed E-state index contributed by atoms with van der Waals surface area (Å²) in [5.74, 6) is -3.32. The van der Waals surface area contributed by atoms with Gasteiger partial charge >= 0.3 is 29.8 Å². The van der Waals surface area contributed by atoms with Crippen LogP contribution in [-0.4, -0.2) is 89.1 Å². The number of aromatic amines is 1. The Labute approximate surface area is 272 Å². The Morgan fingerprint density at radius 1 is 0.894 bits per heavy atom. The average Bonchev–Trinajstić information content (AvgIpc) is 3.36. The minimum absolute atomic E-state index is 0.0190. The number of nitrogens with one attached hydrogen (secondary N) is 1. The fraction of sp³-hybridized carbons (Fsp3) is 0.562. The molecule has 2 N–H and O–H groups in total. The van der Waals surface area contributed by atoms with Gasteiger partial charge < -0.3 is 38.3 Å². The molecular weight excluding hydrogens is 620 g/mol. The molecular formula is C32H42N2O13. The van der Waals surface area contributed by atoms with Crippen molar-refractivity contribution in [2.75, 3.05) is 13.2 Å². The lowest BCUT2D eigenvalue weighted by atomic mass is 9.95. The highest BCUT2D eigenvalue weighted by atomic mass is 16.7. The van der Waals surface area contributed by atoms with Crippen molar-refractivity contribution in [1.29, 1.82) is 0 Å². The van der Waals surface area contributed by atoms with Crippen molar-refractivity contribution >= 4 is 29.8 Å². The molecule has 0 bridgehead atoms. The third-order valence-electron chi connectivity index (χ3n) is 7.10. The van der Waals surface area contributed by atoms with Crippen molar-refractivity contribution < 1.29 is 62.2 Å². The molecule has 2 aromatic rings. The molecule has 15 heteroatoms. The number of carboxylic acids is 1. The lowest BCUT2D eigenvalue weighted by Crippen LogP contribution is -2.63. The molecule has 1 aliphatic rings. The molecule has 15 nitrogen and oxygen atoms in total. The molecule has 1 aromatic carbocycles. The van der Waals surface area contributed by atoms with Crippen molar-refractivity contribution in [3.63, 3.8) is 0 Å². The minimum atomic E-state index is -1.45. The first kappa shape index (κ1) is 36.8. The molecule has 258 valence electrons. The third-order valence-corrected chi connectivity index (χ3v) is 7.10. The number of hydrogen-bond acceptors (Lipinski definition) is 13. The van der Waals surface area contributed by atoms with E-state index in [4.69, 9.17) is 33.2 Å². The number of hydrogen-bond donors (Lipinski definition) is 2. The molecule has 0 amide bonds. The van der Waals surface area contributed by atoms with E-state index in [9.17, 15) is 29.1 Å². The highest BCUT2D eigenvalue weighted by Crippen LogP contribution is 2.34. The maximum absolute atomic E-state index is 12.2. The first-order valence-corrected chi connectivity index (χ1v) is 15.0. The smallest absolute Gasteiger partial charge is 0.312 e. The summed E-state index contributed by atoms with van der Waals surface area (Å²) in [7, 11) is 0. The number of esters is 4. The number of ether oxygens (including phenoxy) is 7. The van der Waals surface area contributed by atoms with Crippen LogP contribution in [0.5, 0.6) is 11.6 Å². The van der Waals surface area contributed by atoms with E-state index < -0.39 is 72.6 Å². The Morgan fingerprint density at radius 2 is 1.47 bits per heavy atom. The maximum Gasteiger partial charge on any atom is 0.312 e. The molecule has 2 heterocycles. The van der Waals surface area contributed by atoms with Crippen LogP contribution in [0.2, 0.25) is 0 Å². The highest BCUT2D eigenvalue weighted by Gasteiger charge is 2.53. The predicted octanol–water partition coefficient (Wildman–Crippen LogP) is 3.08. The van der Waals surface area contributed by atoms with Gasteiger partial charge in [-0.1, -0.05) is 26.0 Å². The molecule has 0 aliphatic carbocycles. The van der Waals surface area contributed by atoms with E-state index in [1.807, 2.05) is 26.0 Å². The summed E-state index contributed by atoms with van der Waals surface area (Å²) in [6.07, 6.45) is -6.46. The van der Waals surface area contributed by atoms with Gasteiger partial charge in [-0.3, -0.25) is 29.1 Å². The summed E-state index contributed by atoms with van der Waals surface area (Å²) in [5.41, 5.74) is 1.16. The summed E-state index contributed by atoms with van der Waals surface area (Å²) < 4.78 is 39.6. The zero-order valence-corrected chi connectivity index (χ0v) is 27.7. The van der Waals surface area contributed by atoms with Crippen molar-refractivity contribution in [1.82, 2.24) is 10.2 Å². The number of rotatable bonds is 14. The molecule has 1 saturated heterocycles. The molecule has 0 saturated carbocycles. The Kier molecular flexibility index (Phi) is 12.3. The normalized spacial score (nSPS) is 21.0. The van der Waals surface area contributed by atoms with Crippen LogP contribution in [-0.2, 0) is 54.1 Å². The fourth-order valence-corrected chi connectivity index (χ4v) is 4.73. The Balaban J connectivity index is 1.96. The largest absolute Gasteiger partial charge is 0.492 e. The topological polar surface area (TPSA) is 199 Å². The SMILES string of the molecule is CC(=O)OC[C@H]1OC(Oc2n[nH]c(C(C)C)c2Cc2ccc(OCC(C)(C)C(=O)O)cc2)[C@H](OC(C)=O)[C@@H](OC(C)=O)[C@@H]1OC(C)=O. The van der Waals surface area contributed by atoms with Gasteiger partial charge in [0.05, 0.1) is 5.41 Å². The molecule has 5 atom stereocenters. The molecule has 1 fully saturated rings. The molecule has 1 aromatic heterocycles. The Morgan fingerprint density at radius 3 is 2.00 bits per heavy atom. The van der Waals surface area contributed by atoms with Crippen LogP contribution in [0.15, 0.2) is 24.3 Å². The van der Waals surface area contributed by atoms with Crippen LogP contribution >= 0.6 is 0 Å². The van der Waals surface area contributed by atoms with E-state index in [0.29, 0.717) is 17.7 Å². The Hall–Kier alpha value is -4.66. The van der Waals surface area contributed by atoms with Gasteiger partial charge in [0.2, 0.25) is 18.3 Å². The van der Waals surface area contributed by atoms with Gasteiger partial charge in [0.15, 0.2) is 12.2 Å². The van der Waals surface area contributed by atoms with Gasteiger partial charge in [0, 0.05) is 45.4 Å². The number of carboxylic acid groups (broad SMARTS) is 1. The molecule has 47 heavy (non-hydrogen) atoms. The van der Waals surface area contributed by atoms with E-state index in [2.05, 4.69) is 10.2 Å². The van der Waals surface area contributed by atoms with Crippen molar-refractivity contribution in [2.45, 2.75) is 98.4 Å². The van der Waals surface area contributed by atoms with Gasteiger partial charge in [-0.2, -0.15) is 0 Å². The number of aromatic nitrogens is 2. The molecule has 1 aliphatic heterocycles. The number of carbonyl (C=O) groups excluding carboxylic acids is 4. The van der Waals surface area contributed by atoms with Crippen LogP contribution in [0.3, 0.4) is 0 Å². The second-order valence-electron chi connectivity index (χ2n) is 12.1. The van der Waals surface area contributed by atoms with Crippen molar-refractivity contribution in [2.24, 2.45) is 5.41 Å². The van der Waals surface area contributed by atoms with Crippen LogP contribution in [0.4, 0.5) is 0 Å². The zero-order valence-electron chi connectivity index (χ0n) is 27.7.